The highest BCUT2D eigenvalue weighted by Crippen LogP contribution is 2.25. The lowest BCUT2D eigenvalue weighted by Crippen LogP contribution is -2.41. The minimum Gasteiger partial charge on any atom is -0.469 e. The smallest absolute Gasteiger partial charge is 0.227 e. The van der Waals surface area contributed by atoms with Crippen molar-refractivity contribution in [2.75, 3.05) is 18.4 Å². The number of carbonyl (C=O) groups is 2. The van der Waals surface area contributed by atoms with Gasteiger partial charge in [0, 0.05) is 43.1 Å². The van der Waals surface area contributed by atoms with Crippen LogP contribution in [0.4, 0.5) is 5.69 Å². The molecule has 3 aromatic rings. The summed E-state index contributed by atoms with van der Waals surface area (Å²) in [4.78, 5) is 26.9. The number of furan rings is 2. The molecule has 0 radical (unpaired) electrons. The SMILES string of the molecule is O=C(Nc1cccc(-c2ccco2)c1)C1CCN(C(=O)CCc2ccco2)CC1. The Morgan fingerprint density at radius 2 is 1.79 bits per heavy atom. The molecule has 1 N–H and O–H groups in total. The number of aryl methyl sites for hydroxylation is 1. The maximum Gasteiger partial charge on any atom is 0.227 e. The molecule has 0 saturated carbocycles. The molecular weight excluding hydrogens is 368 g/mol. The summed E-state index contributed by atoms with van der Waals surface area (Å²) in [6.45, 7) is 1.23. The van der Waals surface area contributed by atoms with E-state index >= 15 is 0 Å². The second kappa shape index (κ2) is 8.82. The Hall–Kier alpha value is -3.28. The summed E-state index contributed by atoms with van der Waals surface area (Å²) in [5.41, 5.74) is 1.67. The highest BCUT2D eigenvalue weighted by Gasteiger charge is 2.27. The van der Waals surface area contributed by atoms with Crippen LogP contribution >= 0.6 is 0 Å². The van der Waals surface area contributed by atoms with E-state index in [2.05, 4.69) is 5.32 Å². The van der Waals surface area contributed by atoms with Crippen LogP contribution in [0.2, 0.25) is 0 Å². The number of anilines is 1. The average molecular weight is 392 g/mol. The lowest BCUT2D eigenvalue weighted by atomic mass is 9.95. The standard InChI is InChI=1S/C23H24N2O4/c26-22(9-8-20-6-2-14-28-20)25-12-10-17(11-13-25)23(27)24-19-5-1-4-18(16-19)21-7-3-15-29-21/h1-7,14-17H,8-13H2,(H,24,27). The van der Waals surface area contributed by atoms with E-state index in [0.29, 0.717) is 38.8 Å². The van der Waals surface area contributed by atoms with Crippen LogP contribution < -0.4 is 5.32 Å². The van der Waals surface area contributed by atoms with Gasteiger partial charge in [0.1, 0.15) is 11.5 Å². The van der Waals surface area contributed by atoms with Gasteiger partial charge in [-0.3, -0.25) is 9.59 Å². The fourth-order valence-corrected chi connectivity index (χ4v) is 3.67. The predicted molar refractivity (Wildman–Crippen MR) is 109 cm³/mol. The molecule has 1 saturated heterocycles. The molecule has 1 aliphatic heterocycles. The number of amides is 2. The predicted octanol–water partition coefficient (Wildman–Crippen LogP) is 4.35. The lowest BCUT2D eigenvalue weighted by molar-refractivity contribution is -0.134. The maximum absolute atomic E-state index is 12.7. The van der Waals surface area contributed by atoms with Crippen LogP contribution in [0.25, 0.3) is 11.3 Å². The van der Waals surface area contributed by atoms with Crippen LogP contribution in [0.1, 0.15) is 25.0 Å². The van der Waals surface area contributed by atoms with Gasteiger partial charge in [0.15, 0.2) is 0 Å². The molecular formula is C23H24N2O4. The summed E-state index contributed by atoms with van der Waals surface area (Å²) in [5.74, 6) is 1.62. The van der Waals surface area contributed by atoms with Gasteiger partial charge in [-0.15, -0.1) is 0 Å². The Labute approximate surface area is 169 Å². The van der Waals surface area contributed by atoms with Gasteiger partial charge in [-0.05, 0) is 49.2 Å². The third-order valence-corrected chi connectivity index (χ3v) is 5.32. The van der Waals surface area contributed by atoms with Crippen molar-refractivity contribution < 1.29 is 18.4 Å². The summed E-state index contributed by atoms with van der Waals surface area (Å²) in [7, 11) is 0. The van der Waals surface area contributed by atoms with Crippen molar-refractivity contribution in [3.63, 3.8) is 0 Å². The largest absolute Gasteiger partial charge is 0.469 e. The van der Waals surface area contributed by atoms with Gasteiger partial charge >= 0.3 is 0 Å². The van der Waals surface area contributed by atoms with Gasteiger partial charge in [0.05, 0.1) is 12.5 Å². The van der Waals surface area contributed by atoms with E-state index in [1.807, 2.05) is 53.4 Å². The molecule has 1 fully saturated rings. The topological polar surface area (TPSA) is 75.7 Å². The zero-order chi connectivity index (χ0) is 20.1. The number of hydrogen-bond acceptors (Lipinski definition) is 4. The fraction of sp³-hybridized carbons (Fsp3) is 0.304. The molecule has 2 aromatic heterocycles. The molecule has 29 heavy (non-hydrogen) atoms. The van der Waals surface area contributed by atoms with E-state index in [1.54, 1.807) is 12.5 Å². The number of nitrogens with one attached hydrogen (secondary N) is 1. The molecule has 6 heteroatoms. The molecule has 3 heterocycles. The van der Waals surface area contributed by atoms with E-state index in [1.165, 1.54) is 0 Å². The van der Waals surface area contributed by atoms with Crippen molar-refractivity contribution in [3.8, 4) is 11.3 Å². The summed E-state index contributed by atoms with van der Waals surface area (Å²) in [5, 5.41) is 3.01. The Balaban J connectivity index is 1.27. The summed E-state index contributed by atoms with van der Waals surface area (Å²) in [6.07, 6.45) is 5.65. The van der Waals surface area contributed by atoms with Crippen LogP contribution in [0.15, 0.2) is 69.9 Å². The quantitative estimate of drug-likeness (QED) is 0.677. The zero-order valence-electron chi connectivity index (χ0n) is 16.2. The number of benzene rings is 1. The summed E-state index contributed by atoms with van der Waals surface area (Å²) >= 11 is 0. The average Bonchev–Trinajstić information content (AvgIpc) is 3.46. The summed E-state index contributed by atoms with van der Waals surface area (Å²) in [6, 6.07) is 15.1. The van der Waals surface area contributed by atoms with Gasteiger partial charge in [-0.1, -0.05) is 12.1 Å². The molecule has 0 aliphatic carbocycles. The molecule has 2 amide bonds. The van der Waals surface area contributed by atoms with E-state index < -0.39 is 0 Å². The van der Waals surface area contributed by atoms with Crippen molar-refractivity contribution in [3.05, 3.63) is 66.8 Å². The molecule has 1 aliphatic rings. The first-order valence-electron chi connectivity index (χ1n) is 9.94. The second-order valence-corrected chi connectivity index (χ2v) is 7.28. The van der Waals surface area contributed by atoms with Crippen molar-refractivity contribution >= 4 is 17.5 Å². The lowest BCUT2D eigenvalue weighted by Gasteiger charge is -2.31. The molecule has 1 aromatic carbocycles. The second-order valence-electron chi connectivity index (χ2n) is 7.28. The van der Waals surface area contributed by atoms with Crippen molar-refractivity contribution in [2.24, 2.45) is 5.92 Å². The minimum atomic E-state index is -0.0867. The summed E-state index contributed by atoms with van der Waals surface area (Å²) < 4.78 is 10.7. The highest BCUT2D eigenvalue weighted by molar-refractivity contribution is 5.93. The molecule has 150 valence electrons. The van der Waals surface area contributed by atoms with Gasteiger partial charge in [0.2, 0.25) is 11.8 Å². The molecule has 0 unspecified atom stereocenters. The van der Waals surface area contributed by atoms with E-state index in [4.69, 9.17) is 8.83 Å². The highest BCUT2D eigenvalue weighted by atomic mass is 16.3. The molecule has 0 atom stereocenters. The van der Waals surface area contributed by atoms with Crippen molar-refractivity contribution in [2.45, 2.75) is 25.7 Å². The van der Waals surface area contributed by atoms with Crippen LogP contribution in [0, 0.1) is 5.92 Å². The number of piperidine rings is 1. The molecule has 4 rings (SSSR count). The van der Waals surface area contributed by atoms with Crippen LogP contribution in [-0.2, 0) is 16.0 Å². The van der Waals surface area contributed by atoms with Crippen LogP contribution in [0.5, 0.6) is 0 Å². The Kier molecular flexibility index (Phi) is 5.79. The Morgan fingerprint density at radius 1 is 1.00 bits per heavy atom. The molecule has 0 spiro atoms. The maximum atomic E-state index is 12.7. The van der Waals surface area contributed by atoms with Gasteiger partial charge in [-0.2, -0.15) is 0 Å². The molecule has 0 bridgehead atoms. The van der Waals surface area contributed by atoms with Gasteiger partial charge < -0.3 is 19.1 Å². The number of nitrogens with zero attached hydrogens (tertiary/aromatic N) is 1. The van der Waals surface area contributed by atoms with E-state index in [-0.39, 0.29) is 17.7 Å². The first kappa shape index (κ1) is 19.1. The number of carbonyl (C=O) groups excluding carboxylic acids is 2. The third-order valence-electron chi connectivity index (χ3n) is 5.32. The van der Waals surface area contributed by atoms with E-state index in [9.17, 15) is 9.59 Å². The third kappa shape index (κ3) is 4.77. The van der Waals surface area contributed by atoms with Gasteiger partial charge in [0.25, 0.3) is 0 Å². The Morgan fingerprint density at radius 3 is 2.52 bits per heavy atom. The van der Waals surface area contributed by atoms with Crippen LogP contribution in [-0.4, -0.2) is 29.8 Å². The minimum absolute atomic E-state index is 0.00396. The van der Waals surface area contributed by atoms with Crippen molar-refractivity contribution in [1.82, 2.24) is 4.90 Å². The normalized spacial score (nSPS) is 14.7. The first-order chi connectivity index (χ1) is 14.2. The van der Waals surface area contributed by atoms with Crippen molar-refractivity contribution in [1.29, 1.82) is 0 Å². The first-order valence-corrected chi connectivity index (χ1v) is 9.94. The van der Waals surface area contributed by atoms with Crippen LogP contribution in [0.3, 0.4) is 0 Å². The number of likely N-dealkylation sites (tertiary alicyclic amines) is 1. The van der Waals surface area contributed by atoms with Gasteiger partial charge in [-0.25, -0.2) is 0 Å². The molecule has 6 nitrogen and oxygen atoms in total. The zero-order valence-corrected chi connectivity index (χ0v) is 16.2. The Bertz CT molecular complexity index is 939. The van der Waals surface area contributed by atoms with E-state index in [0.717, 1.165) is 22.8 Å². The fourth-order valence-electron chi connectivity index (χ4n) is 3.67. The monoisotopic (exact) mass is 392 g/mol. The number of rotatable bonds is 6. The number of hydrogen-bond donors (Lipinski definition) is 1.